The highest BCUT2D eigenvalue weighted by molar-refractivity contribution is 5.93. The largest absolute Gasteiger partial charge is 0.450 e. The first-order valence-corrected chi connectivity index (χ1v) is 9.61. The summed E-state index contributed by atoms with van der Waals surface area (Å²) >= 11 is 0. The van der Waals surface area contributed by atoms with Crippen LogP contribution < -0.4 is 10.6 Å². The van der Waals surface area contributed by atoms with Crippen molar-refractivity contribution in [2.45, 2.75) is 40.2 Å². The number of aromatic nitrogens is 3. The number of non-ortho nitro benzene ring substituents is 1. The normalized spacial score (nSPS) is 11.8. The molecule has 0 saturated heterocycles. The van der Waals surface area contributed by atoms with Crippen LogP contribution in [0.4, 0.5) is 10.5 Å². The lowest BCUT2D eigenvalue weighted by Gasteiger charge is -2.20. The number of carbonyl (C=O) groups excluding carboxylic acids is 2. The van der Waals surface area contributed by atoms with Crippen molar-refractivity contribution in [3.8, 4) is 5.69 Å². The summed E-state index contributed by atoms with van der Waals surface area (Å²) in [4.78, 5) is 34.8. The predicted octanol–water partition coefficient (Wildman–Crippen LogP) is 2.37. The van der Waals surface area contributed by atoms with E-state index >= 15 is 0 Å². The highest BCUT2D eigenvalue weighted by atomic mass is 16.6. The lowest BCUT2D eigenvalue weighted by Crippen LogP contribution is -2.44. The van der Waals surface area contributed by atoms with Crippen molar-refractivity contribution in [2.75, 3.05) is 13.2 Å². The van der Waals surface area contributed by atoms with E-state index in [0.29, 0.717) is 23.7 Å². The molecule has 0 saturated carbocycles. The third-order valence-corrected chi connectivity index (χ3v) is 4.26. The number of nitrogens with one attached hydrogen (secondary N) is 2. The first-order chi connectivity index (χ1) is 14.2. The van der Waals surface area contributed by atoms with E-state index in [2.05, 4.69) is 20.9 Å². The molecule has 0 aliphatic rings. The van der Waals surface area contributed by atoms with Gasteiger partial charge in [-0.05, 0) is 32.3 Å². The van der Waals surface area contributed by atoms with Crippen molar-refractivity contribution in [1.82, 2.24) is 25.6 Å². The zero-order valence-electron chi connectivity index (χ0n) is 17.4. The van der Waals surface area contributed by atoms with E-state index in [1.165, 1.54) is 22.9 Å². The van der Waals surface area contributed by atoms with Crippen LogP contribution in [-0.4, -0.2) is 51.1 Å². The number of benzene rings is 1. The van der Waals surface area contributed by atoms with Crippen LogP contribution in [0.15, 0.2) is 24.3 Å². The monoisotopic (exact) mass is 418 g/mol. The molecule has 162 valence electrons. The van der Waals surface area contributed by atoms with E-state index in [1.54, 1.807) is 19.9 Å². The summed E-state index contributed by atoms with van der Waals surface area (Å²) in [6.07, 6.45) is 0.114. The number of hydrogen-bond donors (Lipinski definition) is 2. The topological polar surface area (TPSA) is 141 Å². The van der Waals surface area contributed by atoms with E-state index in [0.717, 1.165) is 0 Å². The van der Waals surface area contributed by atoms with Gasteiger partial charge in [-0.3, -0.25) is 14.9 Å². The first kappa shape index (κ1) is 22.8. The molecule has 2 amide bonds. The molecule has 1 unspecified atom stereocenters. The fourth-order valence-corrected chi connectivity index (χ4v) is 2.92. The average Bonchev–Trinajstić information content (AvgIpc) is 3.07. The summed E-state index contributed by atoms with van der Waals surface area (Å²) in [6, 6.07) is 5.59. The number of nitro benzene ring substituents is 1. The van der Waals surface area contributed by atoms with Crippen molar-refractivity contribution in [2.24, 2.45) is 5.92 Å². The lowest BCUT2D eigenvalue weighted by atomic mass is 10.0. The number of nitrogens with zero attached hydrogens (tertiary/aromatic N) is 4. The molecule has 0 radical (unpaired) electrons. The van der Waals surface area contributed by atoms with Crippen LogP contribution in [0.3, 0.4) is 0 Å². The van der Waals surface area contributed by atoms with E-state index in [-0.39, 0.29) is 30.6 Å². The summed E-state index contributed by atoms with van der Waals surface area (Å²) < 4.78 is 6.27. The third-order valence-electron chi connectivity index (χ3n) is 4.26. The molecule has 2 N–H and O–H groups in total. The molecular weight excluding hydrogens is 392 g/mol. The number of hydrogen-bond acceptors (Lipinski definition) is 7. The molecule has 1 aromatic heterocycles. The van der Waals surface area contributed by atoms with Gasteiger partial charge in [-0.15, -0.1) is 5.10 Å². The minimum Gasteiger partial charge on any atom is -0.450 e. The van der Waals surface area contributed by atoms with E-state index < -0.39 is 16.9 Å². The first-order valence-electron chi connectivity index (χ1n) is 9.61. The molecule has 0 bridgehead atoms. The summed E-state index contributed by atoms with van der Waals surface area (Å²) in [5.74, 6) is -0.158. The third kappa shape index (κ3) is 6.00. The minimum absolute atomic E-state index is 0.0880. The Morgan fingerprint density at radius 2 is 2.07 bits per heavy atom. The van der Waals surface area contributed by atoms with Gasteiger partial charge in [0.1, 0.15) is 0 Å². The summed E-state index contributed by atoms with van der Waals surface area (Å²) in [7, 11) is 0. The van der Waals surface area contributed by atoms with Crippen LogP contribution in [0.25, 0.3) is 5.69 Å². The molecule has 11 heteroatoms. The van der Waals surface area contributed by atoms with Gasteiger partial charge in [0.15, 0.2) is 5.69 Å². The number of amides is 2. The minimum atomic E-state index is -0.537. The summed E-state index contributed by atoms with van der Waals surface area (Å²) in [5.41, 5.74) is 0.873. The Bertz CT molecular complexity index is 911. The second-order valence-corrected chi connectivity index (χ2v) is 7.11. The maximum Gasteiger partial charge on any atom is 0.407 e. The molecule has 0 fully saturated rings. The fourth-order valence-electron chi connectivity index (χ4n) is 2.92. The van der Waals surface area contributed by atoms with E-state index in [1.807, 2.05) is 13.8 Å². The standard InChI is InChI=1S/C19H26N6O5/c1-5-30-19(27)21-14(9-12(2)3)11-20-18(26)17-13(4)24(23-22-17)15-7-6-8-16(10-15)25(28)29/h6-8,10,12,14H,5,9,11H2,1-4H3,(H,20,26)(H,21,27). The lowest BCUT2D eigenvalue weighted by molar-refractivity contribution is -0.384. The highest BCUT2D eigenvalue weighted by Crippen LogP contribution is 2.18. The molecule has 0 aliphatic carbocycles. The van der Waals surface area contributed by atoms with Gasteiger partial charge in [0.25, 0.3) is 11.6 Å². The number of rotatable bonds is 9. The molecule has 2 rings (SSSR count). The number of alkyl carbamates (subject to hydrolysis) is 1. The maximum absolute atomic E-state index is 12.6. The van der Waals surface area contributed by atoms with Crippen LogP contribution in [0.5, 0.6) is 0 Å². The maximum atomic E-state index is 12.6. The van der Waals surface area contributed by atoms with Crippen LogP contribution in [0, 0.1) is 23.0 Å². The molecule has 2 aromatic rings. The van der Waals surface area contributed by atoms with Gasteiger partial charge in [-0.1, -0.05) is 25.1 Å². The average molecular weight is 418 g/mol. The SMILES string of the molecule is CCOC(=O)NC(CNC(=O)c1nnn(-c2cccc([N+](=O)[O-])c2)c1C)CC(C)C. The van der Waals surface area contributed by atoms with Gasteiger partial charge in [-0.25, -0.2) is 9.48 Å². The van der Waals surface area contributed by atoms with Crippen molar-refractivity contribution in [1.29, 1.82) is 0 Å². The molecule has 1 atom stereocenters. The van der Waals surface area contributed by atoms with Crippen molar-refractivity contribution in [3.05, 3.63) is 45.8 Å². The Morgan fingerprint density at radius 3 is 2.70 bits per heavy atom. The van der Waals surface area contributed by atoms with Crippen molar-refractivity contribution in [3.63, 3.8) is 0 Å². The van der Waals surface area contributed by atoms with Crippen molar-refractivity contribution >= 4 is 17.7 Å². The highest BCUT2D eigenvalue weighted by Gasteiger charge is 2.21. The Hall–Kier alpha value is -3.50. The van der Waals surface area contributed by atoms with Crippen LogP contribution in [-0.2, 0) is 4.74 Å². The van der Waals surface area contributed by atoms with E-state index in [9.17, 15) is 19.7 Å². The zero-order chi connectivity index (χ0) is 22.3. The second-order valence-electron chi connectivity index (χ2n) is 7.11. The fraction of sp³-hybridized carbons (Fsp3) is 0.474. The number of carbonyl (C=O) groups is 2. The smallest absolute Gasteiger partial charge is 0.407 e. The van der Waals surface area contributed by atoms with Gasteiger partial charge in [0.05, 0.1) is 22.9 Å². The summed E-state index contributed by atoms with van der Waals surface area (Å²) in [6.45, 7) is 7.83. The summed E-state index contributed by atoms with van der Waals surface area (Å²) in [5, 5.41) is 24.3. The van der Waals surface area contributed by atoms with Gasteiger partial charge in [0, 0.05) is 24.7 Å². The Balaban J connectivity index is 2.11. The Labute approximate surface area is 173 Å². The molecule has 1 aromatic carbocycles. The molecule has 0 spiro atoms. The Morgan fingerprint density at radius 1 is 1.33 bits per heavy atom. The van der Waals surface area contributed by atoms with Gasteiger partial charge < -0.3 is 15.4 Å². The van der Waals surface area contributed by atoms with Gasteiger partial charge >= 0.3 is 6.09 Å². The van der Waals surface area contributed by atoms with Crippen LogP contribution >= 0.6 is 0 Å². The molecule has 30 heavy (non-hydrogen) atoms. The quantitative estimate of drug-likeness (QED) is 0.470. The molecule has 0 aliphatic heterocycles. The number of nitro groups is 1. The van der Waals surface area contributed by atoms with Gasteiger partial charge in [0.2, 0.25) is 0 Å². The predicted molar refractivity (Wildman–Crippen MR) is 108 cm³/mol. The second kappa shape index (κ2) is 10.3. The van der Waals surface area contributed by atoms with Gasteiger partial charge in [-0.2, -0.15) is 0 Å². The number of ether oxygens (including phenoxy) is 1. The Kier molecular flexibility index (Phi) is 7.84. The van der Waals surface area contributed by atoms with Crippen LogP contribution in [0.1, 0.15) is 43.4 Å². The van der Waals surface area contributed by atoms with E-state index in [4.69, 9.17) is 4.74 Å². The molecule has 11 nitrogen and oxygen atoms in total. The molecular formula is C19H26N6O5. The molecule has 1 heterocycles. The zero-order valence-corrected chi connectivity index (χ0v) is 17.4. The van der Waals surface area contributed by atoms with Crippen molar-refractivity contribution < 1.29 is 19.2 Å². The van der Waals surface area contributed by atoms with Crippen LogP contribution in [0.2, 0.25) is 0 Å².